The number of nitrogens with two attached hydrogens (primary N) is 1. The van der Waals surface area contributed by atoms with Crippen LogP contribution in [0.5, 0.6) is 0 Å². The number of amides is 1. The van der Waals surface area contributed by atoms with Crippen molar-refractivity contribution >= 4 is 15.7 Å². The molecule has 0 spiro atoms. The molecule has 1 amide bonds. The summed E-state index contributed by atoms with van der Waals surface area (Å²) < 4.78 is 22.1. The second-order valence-corrected chi connectivity index (χ2v) is 8.02. The lowest BCUT2D eigenvalue weighted by molar-refractivity contribution is -0.130. The molecular weight excluding hydrogens is 264 g/mol. The van der Waals surface area contributed by atoms with Gasteiger partial charge in [0.1, 0.15) is 9.84 Å². The predicted molar refractivity (Wildman–Crippen MR) is 76.5 cm³/mol. The Bertz CT molecular complexity index is 387. The Morgan fingerprint density at radius 1 is 1.26 bits per heavy atom. The summed E-state index contributed by atoms with van der Waals surface area (Å²) in [5, 5.41) is 0. The Kier molecular flexibility index (Phi) is 6.26. The molecule has 0 heterocycles. The van der Waals surface area contributed by atoms with E-state index in [0.29, 0.717) is 18.4 Å². The Balaban J connectivity index is 2.23. The van der Waals surface area contributed by atoms with Crippen LogP contribution in [0.3, 0.4) is 0 Å². The Hall–Kier alpha value is -0.620. The number of carbonyl (C=O) groups excluding carboxylic acids is 1. The van der Waals surface area contributed by atoms with Gasteiger partial charge in [0.2, 0.25) is 5.91 Å². The van der Waals surface area contributed by atoms with Crippen molar-refractivity contribution in [2.24, 2.45) is 11.7 Å². The maximum atomic E-state index is 11.9. The number of sulfone groups is 1. The molecule has 2 N–H and O–H groups in total. The minimum Gasteiger partial charge on any atom is -0.345 e. The number of carbonyl (C=O) groups is 1. The lowest BCUT2D eigenvalue weighted by atomic mass is 9.84. The summed E-state index contributed by atoms with van der Waals surface area (Å²) >= 11 is 0. The number of rotatable bonds is 6. The van der Waals surface area contributed by atoms with E-state index in [2.05, 4.69) is 0 Å². The molecule has 1 saturated carbocycles. The predicted octanol–water partition coefficient (Wildman–Crippen LogP) is 0.787. The van der Waals surface area contributed by atoms with E-state index in [4.69, 9.17) is 5.73 Å². The largest absolute Gasteiger partial charge is 0.345 e. The minimum atomic E-state index is -3.00. The van der Waals surface area contributed by atoms with Crippen LogP contribution < -0.4 is 5.73 Å². The summed E-state index contributed by atoms with van der Waals surface area (Å²) in [5.41, 5.74) is 5.85. The highest BCUT2D eigenvalue weighted by Gasteiger charge is 2.20. The van der Waals surface area contributed by atoms with Gasteiger partial charge >= 0.3 is 0 Å². The molecule has 0 atom stereocenters. The molecule has 5 nitrogen and oxygen atoms in total. The molecule has 0 radical (unpaired) electrons. The Labute approximate surface area is 116 Å². The summed E-state index contributed by atoms with van der Waals surface area (Å²) in [5.74, 6) is 0.679. The smallest absolute Gasteiger partial charge is 0.222 e. The number of nitrogens with zero attached hydrogens (tertiary/aromatic N) is 1. The van der Waals surface area contributed by atoms with Crippen molar-refractivity contribution in [3.63, 3.8) is 0 Å². The fourth-order valence-electron chi connectivity index (χ4n) is 2.42. The average Bonchev–Trinajstić information content (AvgIpc) is 2.34. The summed E-state index contributed by atoms with van der Waals surface area (Å²) in [6.07, 6.45) is 6.94. The second kappa shape index (κ2) is 7.24. The molecule has 0 bridgehead atoms. The van der Waals surface area contributed by atoms with Crippen LogP contribution in [0.15, 0.2) is 0 Å². The van der Waals surface area contributed by atoms with Gasteiger partial charge in [-0.1, -0.05) is 0 Å². The van der Waals surface area contributed by atoms with Crippen LogP contribution >= 0.6 is 0 Å². The SMILES string of the molecule is CN(CCS(C)(=O)=O)C(=O)CCC1CCC(N)CC1. The molecule has 0 saturated heterocycles. The van der Waals surface area contributed by atoms with Crippen molar-refractivity contribution < 1.29 is 13.2 Å². The van der Waals surface area contributed by atoms with E-state index in [0.717, 1.165) is 32.1 Å². The van der Waals surface area contributed by atoms with Crippen LogP contribution in [0.2, 0.25) is 0 Å². The summed E-state index contributed by atoms with van der Waals surface area (Å²) in [4.78, 5) is 13.4. The molecule has 6 heteroatoms. The van der Waals surface area contributed by atoms with Gasteiger partial charge in [-0.2, -0.15) is 0 Å². The lowest BCUT2D eigenvalue weighted by Crippen LogP contribution is -2.32. The summed E-state index contributed by atoms with van der Waals surface area (Å²) in [6.45, 7) is 0.285. The molecule has 0 aromatic carbocycles. The van der Waals surface area contributed by atoms with Crippen molar-refractivity contribution in [3.05, 3.63) is 0 Å². The first-order chi connectivity index (χ1) is 8.78. The fourth-order valence-corrected chi connectivity index (χ4v) is 3.03. The van der Waals surface area contributed by atoms with E-state index in [1.807, 2.05) is 0 Å². The monoisotopic (exact) mass is 290 g/mol. The van der Waals surface area contributed by atoms with Gasteiger partial charge in [-0.3, -0.25) is 4.79 Å². The van der Waals surface area contributed by atoms with Crippen LogP contribution in [-0.2, 0) is 14.6 Å². The molecule has 1 fully saturated rings. The average molecular weight is 290 g/mol. The van der Waals surface area contributed by atoms with Gasteiger partial charge in [0.25, 0.3) is 0 Å². The third kappa shape index (κ3) is 6.92. The Morgan fingerprint density at radius 2 is 1.84 bits per heavy atom. The van der Waals surface area contributed by atoms with Crippen molar-refractivity contribution in [1.29, 1.82) is 0 Å². The van der Waals surface area contributed by atoms with Crippen LogP contribution in [0.4, 0.5) is 0 Å². The van der Waals surface area contributed by atoms with E-state index in [1.165, 1.54) is 11.2 Å². The zero-order valence-electron chi connectivity index (χ0n) is 12.0. The third-order valence-corrected chi connectivity index (χ3v) is 4.81. The van der Waals surface area contributed by atoms with Gasteiger partial charge < -0.3 is 10.6 Å². The fraction of sp³-hybridized carbons (Fsp3) is 0.923. The zero-order chi connectivity index (χ0) is 14.5. The molecular formula is C13H26N2O3S. The summed E-state index contributed by atoms with van der Waals surface area (Å²) in [6, 6.07) is 0.337. The standard InChI is InChI=1S/C13H26N2O3S/c1-15(9-10-19(2,17)18)13(16)8-5-11-3-6-12(14)7-4-11/h11-12H,3-10,14H2,1-2H3. The first-order valence-corrected chi connectivity index (χ1v) is 9.01. The van der Waals surface area contributed by atoms with Gasteiger partial charge in [-0.15, -0.1) is 0 Å². The van der Waals surface area contributed by atoms with Gasteiger partial charge in [0, 0.05) is 32.3 Å². The molecule has 0 unspecified atom stereocenters. The molecule has 1 rings (SSSR count). The lowest BCUT2D eigenvalue weighted by Gasteiger charge is -2.26. The number of hydrogen-bond donors (Lipinski definition) is 1. The van der Waals surface area contributed by atoms with E-state index in [1.54, 1.807) is 7.05 Å². The zero-order valence-corrected chi connectivity index (χ0v) is 12.8. The normalized spacial score (nSPS) is 24.2. The summed E-state index contributed by atoms with van der Waals surface area (Å²) in [7, 11) is -1.33. The number of hydrogen-bond acceptors (Lipinski definition) is 4. The maximum absolute atomic E-state index is 11.9. The molecule has 1 aliphatic rings. The topological polar surface area (TPSA) is 80.5 Å². The van der Waals surface area contributed by atoms with Crippen LogP contribution in [0.25, 0.3) is 0 Å². The molecule has 0 aromatic heterocycles. The highest BCUT2D eigenvalue weighted by molar-refractivity contribution is 7.90. The quantitative estimate of drug-likeness (QED) is 0.784. The van der Waals surface area contributed by atoms with Crippen LogP contribution in [0, 0.1) is 5.92 Å². The molecule has 1 aliphatic carbocycles. The van der Waals surface area contributed by atoms with E-state index >= 15 is 0 Å². The second-order valence-electron chi connectivity index (χ2n) is 5.76. The molecule has 19 heavy (non-hydrogen) atoms. The third-order valence-electron chi connectivity index (χ3n) is 3.88. The van der Waals surface area contributed by atoms with Crippen LogP contribution in [-0.4, -0.2) is 50.9 Å². The van der Waals surface area contributed by atoms with Crippen molar-refractivity contribution in [3.8, 4) is 0 Å². The highest BCUT2D eigenvalue weighted by atomic mass is 32.2. The highest BCUT2D eigenvalue weighted by Crippen LogP contribution is 2.26. The Morgan fingerprint density at radius 3 is 2.37 bits per heavy atom. The first kappa shape index (κ1) is 16.4. The van der Waals surface area contributed by atoms with Gasteiger partial charge in [-0.05, 0) is 38.0 Å². The molecule has 0 aromatic rings. The van der Waals surface area contributed by atoms with Crippen molar-refractivity contribution in [1.82, 2.24) is 4.90 Å². The van der Waals surface area contributed by atoms with Gasteiger partial charge in [-0.25, -0.2) is 8.42 Å². The maximum Gasteiger partial charge on any atom is 0.222 e. The van der Waals surface area contributed by atoms with Crippen LogP contribution in [0.1, 0.15) is 38.5 Å². The first-order valence-electron chi connectivity index (χ1n) is 6.95. The van der Waals surface area contributed by atoms with E-state index in [-0.39, 0.29) is 18.2 Å². The minimum absolute atomic E-state index is 0.0352. The van der Waals surface area contributed by atoms with Crippen molar-refractivity contribution in [2.75, 3.05) is 25.6 Å². The van der Waals surface area contributed by atoms with Gasteiger partial charge in [0.15, 0.2) is 0 Å². The van der Waals surface area contributed by atoms with E-state index in [9.17, 15) is 13.2 Å². The van der Waals surface area contributed by atoms with Gasteiger partial charge in [0.05, 0.1) is 5.75 Å². The molecule has 112 valence electrons. The van der Waals surface area contributed by atoms with E-state index < -0.39 is 9.84 Å². The van der Waals surface area contributed by atoms with Crippen molar-refractivity contribution in [2.45, 2.75) is 44.6 Å². The molecule has 0 aliphatic heterocycles.